The molecule has 0 fully saturated rings. The molecule has 176 valence electrons. The minimum Gasteiger partial charge on any atom is -0.434 e. The van der Waals surface area contributed by atoms with Crippen LogP contribution in [0.25, 0.3) is 0 Å². The molecule has 0 aliphatic carbocycles. The lowest BCUT2D eigenvalue weighted by Crippen LogP contribution is -2.24. The smallest absolute Gasteiger partial charge is 0.434 e. The van der Waals surface area contributed by atoms with Crippen molar-refractivity contribution in [3.8, 4) is 5.75 Å². The van der Waals surface area contributed by atoms with Crippen molar-refractivity contribution in [2.45, 2.75) is 33.2 Å². The summed E-state index contributed by atoms with van der Waals surface area (Å²) < 4.78 is 9.73. The summed E-state index contributed by atoms with van der Waals surface area (Å²) in [5, 5.41) is 5.79. The normalized spacial score (nSPS) is 10.3. The Labute approximate surface area is 199 Å². The summed E-state index contributed by atoms with van der Waals surface area (Å²) in [5.74, 6) is -0.0940. The number of ether oxygens (including phenoxy) is 2. The number of aryl methyl sites for hydroxylation is 2. The van der Waals surface area contributed by atoms with E-state index in [0.717, 1.165) is 11.1 Å². The van der Waals surface area contributed by atoms with E-state index in [1.807, 2.05) is 49.4 Å². The monoisotopic (exact) mass is 460 g/mol. The van der Waals surface area contributed by atoms with E-state index in [-0.39, 0.29) is 24.2 Å². The van der Waals surface area contributed by atoms with E-state index in [2.05, 4.69) is 10.6 Å². The van der Waals surface area contributed by atoms with Crippen LogP contribution in [0.4, 0.5) is 10.5 Å². The number of hydrogen-bond acceptors (Lipinski definition) is 5. The molecule has 2 N–H and O–H groups in total. The first-order valence-corrected chi connectivity index (χ1v) is 11.1. The second kappa shape index (κ2) is 12.2. The molecule has 0 aliphatic rings. The van der Waals surface area contributed by atoms with Crippen LogP contribution in [-0.2, 0) is 22.5 Å². The zero-order valence-corrected chi connectivity index (χ0v) is 19.3. The topological polar surface area (TPSA) is 93.7 Å². The van der Waals surface area contributed by atoms with Gasteiger partial charge in [0.1, 0.15) is 5.75 Å². The Morgan fingerprint density at radius 1 is 0.882 bits per heavy atom. The Morgan fingerprint density at radius 3 is 2.29 bits per heavy atom. The predicted octanol–water partition coefficient (Wildman–Crippen LogP) is 5.03. The van der Waals surface area contributed by atoms with Gasteiger partial charge in [-0.1, -0.05) is 48.0 Å². The molecular weight excluding hydrogens is 432 g/mol. The van der Waals surface area contributed by atoms with Crippen LogP contribution in [0, 0.1) is 6.92 Å². The highest BCUT2D eigenvalue weighted by Gasteiger charge is 2.11. The zero-order chi connectivity index (χ0) is 24.3. The average molecular weight is 461 g/mol. The van der Waals surface area contributed by atoms with Crippen molar-refractivity contribution in [1.29, 1.82) is 0 Å². The molecule has 3 aromatic carbocycles. The predicted molar refractivity (Wildman–Crippen MR) is 130 cm³/mol. The second-order valence-electron chi connectivity index (χ2n) is 7.68. The van der Waals surface area contributed by atoms with Crippen molar-refractivity contribution in [2.24, 2.45) is 0 Å². The van der Waals surface area contributed by atoms with E-state index in [1.165, 1.54) is 17.7 Å². The van der Waals surface area contributed by atoms with Crippen molar-refractivity contribution in [3.05, 3.63) is 95.1 Å². The van der Waals surface area contributed by atoms with E-state index in [9.17, 15) is 14.4 Å². The fourth-order valence-corrected chi connectivity index (χ4v) is 3.20. The van der Waals surface area contributed by atoms with Gasteiger partial charge in [0.15, 0.2) is 0 Å². The van der Waals surface area contributed by atoms with Crippen LogP contribution in [0.5, 0.6) is 5.75 Å². The number of carbonyl (C=O) groups is 3. The molecule has 0 radical (unpaired) electrons. The highest BCUT2D eigenvalue weighted by molar-refractivity contribution is 6.04. The molecule has 34 heavy (non-hydrogen) atoms. The third-order valence-electron chi connectivity index (χ3n) is 5.08. The Bertz CT molecular complexity index is 1120. The van der Waals surface area contributed by atoms with Crippen molar-refractivity contribution < 1.29 is 23.9 Å². The van der Waals surface area contributed by atoms with E-state index >= 15 is 0 Å². The van der Waals surface area contributed by atoms with Gasteiger partial charge in [0.2, 0.25) is 5.91 Å². The highest BCUT2D eigenvalue weighted by Crippen LogP contribution is 2.18. The van der Waals surface area contributed by atoms with Gasteiger partial charge in [-0.15, -0.1) is 0 Å². The van der Waals surface area contributed by atoms with Crippen molar-refractivity contribution >= 4 is 23.7 Å². The van der Waals surface area contributed by atoms with Gasteiger partial charge < -0.3 is 20.1 Å². The van der Waals surface area contributed by atoms with Gasteiger partial charge in [-0.25, -0.2) is 4.79 Å². The number of carbonyl (C=O) groups excluding carboxylic acids is 3. The van der Waals surface area contributed by atoms with Gasteiger partial charge >= 0.3 is 6.16 Å². The van der Waals surface area contributed by atoms with Crippen LogP contribution < -0.4 is 15.4 Å². The number of hydrogen-bond donors (Lipinski definition) is 2. The van der Waals surface area contributed by atoms with Gasteiger partial charge in [-0.3, -0.25) is 9.59 Å². The van der Waals surface area contributed by atoms with Crippen LogP contribution in [-0.4, -0.2) is 24.6 Å². The molecule has 0 atom stereocenters. The number of benzene rings is 3. The second-order valence-corrected chi connectivity index (χ2v) is 7.68. The fourth-order valence-electron chi connectivity index (χ4n) is 3.20. The zero-order valence-electron chi connectivity index (χ0n) is 19.3. The lowest BCUT2D eigenvalue weighted by atomic mass is 10.1. The molecule has 7 nitrogen and oxygen atoms in total. The summed E-state index contributed by atoms with van der Waals surface area (Å²) in [4.78, 5) is 36.4. The molecule has 0 spiro atoms. The highest BCUT2D eigenvalue weighted by atomic mass is 16.7. The molecule has 0 unspecified atom stereocenters. The summed E-state index contributed by atoms with van der Waals surface area (Å²) in [6, 6.07) is 21.6. The van der Waals surface area contributed by atoms with Gasteiger partial charge in [0.05, 0.1) is 6.61 Å². The van der Waals surface area contributed by atoms with Crippen LogP contribution in [0.1, 0.15) is 40.4 Å². The third kappa shape index (κ3) is 7.48. The molecule has 0 saturated heterocycles. The largest absolute Gasteiger partial charge is 0.513 e. The molecule has 0 heterocycles. The molecule has 3 aromatic rings. The Morgan fingerprint density at radius 2 is 1.59 bits per heavy atom. The van der Waals surface area contributed by atoms with Crippen molar-refractivity contribution in [3.63, 3.8) is 0 Å². The fraction of sp³-hybridized carbons (Fsp3) is 0.222. The minimum atomic E-state index is -0.797. The third-order valence-corrected chi connectivity index (χ3v) is 5.08. The number of amides is 2. The Kier molecular flexibility index (Phi) is 8.80. The minimum absolute atomic E-state index is 0.0566. The van der Waals surface area contributed by atoms with Crippen molar-refractivity contribution in [2.75, 3.05) is 11.9 Å². The Balaban J connectivity index is 1.54. The lowest BCUT2D eigenvalue weighted by molar-refractivity contribution is -0.121. The molecule has 0 saturated carbocycles. The van der Waals surface area contributed by atoms with E-state index in [1.54, 1.807) is 25.1 Å². The van der Waals surface area contributed by atoms with Gasteiger partial charge in [0.25, 0.3) is 5.91 Å². The number of rotatable bonds is 9. The summed E-state index contributed by atoms with van der Waals surface area (Å²) >= 11 is 0. The van der Waals surface area contributed by atoms with Crippen LogP contribution in [0.15, 0.2) is 72.8 Å². The molecule has 2 amide bonds. The Hall–Kier alpha value is -4.13. The molecule has 7 heteroatoms. The van der Waals surface area contributed by atoms with Crippen LogP contribution >= 0.6 is 0 Å². The molecular formula is C27H28N2O5. The van der Waals surface area contributed by atoms with Crippen molar-refractivity contribution in [1.82, 2.24) is 5.32 Å². The number of para-hydroxylation sites is 1. The maximum Gasteiger partial charge on any atom is 0.513 e. The number of anilines is 1. The van der Waals surface area contributed by atoms with Gasteiger partial charge in [0, 0.05) is 24.2 Å². The maximum atomic E-state index is 12.7. The SMILES string of the molecule is CCOC(=O)Oc1ccc(C(=O)Nc2ccccc2CNC(=O)CCc2ccc(C)cc2)cc1. The molecule has 3 rings (SSSR count). The summed E-state index contributed by atoms with van der Waals surface area (Å²) in [5.41, 5.74) is 4.10. The maximum absolute atomic E-state index is 12.7. The van der Waals surface area contributed by atoms with E-state index < -0.39 is 6.16 Å². The van der Waals surface area contributed by atoms with E-state index in [4.69, 9.17) is 9.47 Å². The van der Waals surface area contributed by atoms with Crippen LogP contribution in [0.2, 0.25) is 0 Å². The summed E-state index contributed by atoms with van der Waals surface area (Å²) in [6.07, 6.45) is 0.257. The molecule has 0 aromatic heterocycles. The summed E-state index contributed by atoms with van der Waals surface area (Å²) in [7, 11) is 0. The van der Waals surface area contributed by atoms with E-state index in [0.29, 0.717) is 30.6 Å². The first-order valence-electron chi connectivity index (χ1n) is 11.1. The molecule has 0 bridgehead atoms. The number of nitrogens with one attached hydrogen (secondary N) is 2. The first-order chi connectivity index (χ1) is 16.4. The first kappa shape index (κ1) is 24.5. The van der Waals surface area contributed by atoms with Crippen LogP contribution in [0.3, 0.4) is 0 Å². The lowest BCUT2D eigenvalue weighted by Gasteiger charge is -2.12. The van der Waals surface area contributed by atoms with Gasteiger partial charge in [-0.05, 0) is 61.7 Å². The standard InChI is InChI=1S/C27H28N2O5/c1-3-33-27(32)34-23-15-13-21(14-16-23)26(31)29-24-7-5-4-6-22(24)18-28-25(30)17-12-20-10-8-19(2)9-11-20/h4-11,13-16H,3,12,17-18H2,1-2H3,(H,28,30)(H,29,31). The molecule has 0 aliphatic heterocycles. The average Bonchev–Trinajstić information content (AvgIpc) is 2.83. The summed E-state index contributed by atoms with van der Waals surface area (Å²) in [6.45, 7) is 4.23. The quantitative estimate of drug-likeness (QED) is 0.345. The van der Waals surface area contributed by atoms with Gasteiger partial charge in [-0.2, -0.15) is 0 Å².